The van der Waals surface area contributed by atoms with E-state index < -0.39 is 0 Å². The summed E-state index contributed by atoms with van der Waals surface area (Å²) in [5.41, 5.74) is 10.3. The van der Waals surface area contributed by atoms with E-state index in [4.69, 9.17) is 15.0 Å². The van der Waals surface area contributed by atoms with Crippen molar-refractivity contribution >= 4 is 65.2 Å². The third-order valence-corrected chi connectivity index (χ3v) is 9.75. The Hall–Kier alpha value is -6.18. The highest BCUT2D eigenvalue weighted by molar-refractivity contribution is 7.16. The van der Waals surface area contributed by atoms with Crippen LogP contribution in [0.4, 0.5) is 0 Å². The van der Waals surface area contributed by atoms with Crippen molar-refractivity contribution in [2.75, 3.05) is 0 Å². The fourth-order valence-electron chi connectivity index (χ4n) is 6.81. The van der Waals surface area contributed by atoms with Gasteiger partial charge in [0.2, 0.25) is 11.9 Å². The van der Waals surface area contributed by atoms with E-state index in [1.807, 2.05) is 17.6 Å². The maximum absolute atomic E-state index is 5.27. The third kappa shape index (κ3) is 4.03. The van der Waals surface area contributed by atoms with Crippen LogP contribution in [0.5, 0.6) is 0 Å². The lowest BCUT2D eigenvalue weighted by Crippen LogP contribution is -2.10. The van der Waals surface area contributed by atoms with Gasteiger partial charge in [0, 0.05) is 27.1 Å². The van der Waals surface area contributed by atoms with Crippen molar-refractivity contribution in [3.8, 4) is 34.4 Å². The van der Waals surface area contributed by atoms with Gasteiger partial charge in [-0.25, -0.2) is 4.98 Å². The third-order valence-electron chi connectivity index (χ3n) is 8.96. The minimum Gasteiger partial charge on any atom is -0.278 e. The summed E-state index contributed by atoms with van der Waals surface area (Å²) in [5.74, 6) is 1.74. The average Bonchev–Trinajstić information content (AvgIpc) is 3.84. The molecule has 10 rings (SSSR count). The summed E-state index contributed by atoms with van der Waals surface area (Å²) < 4.78 is 5.42. The molecule has 0 atom stereocenters. The standard InChI is InChI=1S/C40H24N6S/c1-2-10-25(11-3-1)26-19-21-36-31(22-26)30-14-6-9-17-35(30)46(36)40-43-38(27-18-20-32-37(23-27)47-24-41-32)42-39(44-40)45-33-15-7-4-12-28(33)29-13-5-8-16-34(29)45/h1-24H. The van der Waals surface area contributed by atoms with Crippen LogP contribution in [0.3, 0.4) is 0 Å². The Labute approximate surface area is 272 Å². The highest BCUT2D eigenvalue weighted by atomic mass is 32.1. The molecule has 0 spiro atoms. The highest BCUT2D eigenvalue weighted by Gasteiger charge is 2.21. The number of hydrogen-bond donors (Lipinski definition) is 0. The lowest BCUT2D eigenvalue weighted by atomic mass is 10.0. The Balaban J connectivity index is 1.29. The van der Waals surface area contributed by atoms with E-state index in [1.54, 1.807) is 11.3 Å². The molecule has 4 aromatic heterocycles. The van der Waals surface area contributed by atoms with Crippen molar-refractivity contribution in [3.63, 3.8) is 0 Å². The van der Waals surface area contributed by atoms with Crippen molar-refractivity contribution in [3.05, 3.63) is 145 Å². The molecule has 6 nitrogen and oxygen atoms in total. The number of thiazole rings is 1. The second-order valence-electron chi connectivity index (χ2n) is 11.6. The molecule has 4 heterocycles. The summed E-state index contributed by atoms with van der Waals surface area (Å²) >= 11 is 1.61. The quantitative estimate of drug-likeness (QED) is 0.196. The molecule has 0 radical (unpaired) electrons. The lowest BCUT2D eigenvalue weighted by Gasteiger charge is -2.12. The molecule has 0 aliphatic rings. The Bertz CT molecular complexity index is 2760. The molecule has 0 unspecified atom stereocenters. The van der Waals surface area contributed by atoms with Crippen LogP contribution in [0.1, 0.15) is 0 Å². The van der Waals surface area contributed by atoms with Crippen LogP contribution in [0.25, 0.3) is 88.2 Å². The smallest absolute Gasteiger partial charge is 0.240 e. The summed E-state index contributed by atoms with van der Waals surface area (Å²) in [6, 6.07) is 48.7. The Morgan fingerprint density at radius 2 is 0.979 bits per heavy atom. The van der Waals surface area contributed by atoms with E-state index in [0.29, 0.717) is 17.7 Å². The van der Waals surface area contributed by atoms with Gasteiger partial charge in [-0.2, -0.15) is 15.0 Å². The monoisotopic (exact) mass is 620 g/mol. The second kappa shape index (κ2) is 10.2. The number of nitrogens with zero attached hydrogens (tertiary/aromatic N) is 6. The van der Waals surface area contributed by atoms with Gasteiger partial charge < -0.3 is 0 Å². The second-order valence-corrected chi connectivity index (χ2v) is 12.5. The Morgan fingerprint density at radius 1 is 0.426 bits per heavy atom. The fourth-order valence-corrected chi connectivity index (χ4v) is 7.53. The predicted octanol–water partition coefficient (Wildman–Crippen LogP) is 10.0. The molecule has 0 saturated heterocycles. The maximum Gasteiger partial charge on any atom is 0.240 e. The summed E-state index contributed by atoms with van der Waals surface area (Å²) in [6.45, 7) is 0. The maximum atomic E-state index is 5.27. The van der Waals surface area contributed by atoms with Crippen LogP contribution in [0, 0.1) is 0 Å². The van der Waals surface area contributed by atoms with Crippen molar-refractivity contribution in [2.24, 2.45) is 0 Å². The SMILES string of the molecule is c1ccc(-c2ccc3c(c2)c2ccccc2n3-c2nc(-c3ccc4ncsc4c3)nc(-n3c4ccccc4c4ccccc43)n2)cc1. The summed E-state index contributed by atoms with van der Waals surface area (Å²) in [4.78, 5) is 20.1. The van der Waals surface area contributed by atoms with Crippen molar-refractivity contribution < 1.29 is 0 Å². The predicted molar refractivity (Wildman–Crippen MR) is 193 cm³/mol. The molecule has 6 aromatic carbocycles. The molecule has 0 aliphatic heterocycles. The summed E-state index contributed by atoms with van der Waals surface area (Å²) in [5, 5.41) is 4.60. The highest BCUT2D eigenvalue weighted by Crippen LogP contribution is 2.36. The fraction of sp³-hybridized carbons (Fsp3) is 0. The van der Waals surface area contributed by atoms with Crippen molar-refractivity contribution in [1.29, 1.82) is 0 Å². The van der Waals surface area contributed by atoms with E-state index in [1.165, 1.54) is 11.1 Å². The first-order valence-electron chi connectivity index (χ1n) is 15.5. The van der Waals surface area contributed by atoms with E-state index in [-0.39, 0.29) is 0 Å². The molecular weight excluding hydrogens is 597 g/mol. The summed E-state index contributed by atoms with van der Waals surface area (Å²) in [6.07, 6.45) is 0. The van der Waals surface area contributed by atoms with E-state index >= 15 is 0 Å². The lowest BCUT2D eigenvalue weighted by molar-refractivity contribution is 0.893. The topological polar surface area (TPSA) is 61.4 Å². The first kappa shape index (κ1) is 26.1. The molecule has 7 heteroatoms. The van der Waals surface area contributed by atoms with Gasteiger partial charge in [-0.3, -0.25) is 9.13 Å². The number of benzene rings is 6. The van der Waals surface area contributed by atoms with Gasteiger partial charge in [0.25, 0.3) is 0 Å². The van der Waals surface area contributed by atoms with E-state index in [2.05, 4.69) is 142 Å². The van der Waals surface area contributed by atoms with Gasteiger partial charge >= 0.3 is 0 Å². The molecule has 0 amide bonds. The minimum absolute atomic E-state index is 0.565. The number of aromatic nitrogens is 6. The molecule has 10 aromatic rings. The number of hydrogen-bond acceptors (Lipinski definition) is 5. The normalized spacial score (nSPS) is 11.8. The first-order chi connectivity index (χ1) is 23.3. The zero-order chi connectivity index (χ0) is 30.9. The van der Waals surface area contributed by atoms with Gasteiger partial charge in [0.15, 0.2) is 5.82 Å². The first-order valence-corrected chi connectivity index (χ1v) is 16.4. The van der Waals surface area contributed by atoms with Gasteiger partial charge in [-0.1, -0.05) is 91.0 Å². The number of para-hydroxylation sites is 3. The van der Waals surface area contributed by atoms with Crippen LogP contribution >= 0.6 is 11.3 Å². The van der Waals surface area contributed by atoms with Gasteiger partial charge in [0.05, 0.1) is 37.8 Å². The molecule has 0 N–H and O–H groups in total. The molecule has 0 bridgehead atoms. The van der Waals surface area contributed by atoms with Crippen LogP contribution in [-0.2, 0) is 0 Å². The molecule has 0 fully saturated rings. The van der Waals surface area contributed by atoms with E-state index in [0.717, 1.165) is 59.4 Å². The van der Waals surface area contributed by atoms with Crippen LogP contribution in [0.15, 0.2) is 145 Å². The number of rotatable bonds is 4. The van der Waals surface area contributed by atoms with Crippen LogP contribution in [-0.4, -0.2) is 29.1 Å². The van der Waals surface area contributed by atoms with Crippen LogP contribution in [0.2, 0.25) is 0 Å². The van der Waals surface area contributed by atoms with Crippen molar-refractivity contribution in [1.82, 2.24) is 29.1 Å². The van der Waals surface area contributed by atoms with E-state index in [9.17, 15) is 0 Å². The number of fused-ring (bicyclic) bond motifs is 7. The molecule has 47 heavy (non-hydrogen) atoms. The zero-order valence-electron chi connectivity index (χ0n) is 24.9. The minimum atomic E-state index is 0.565. The average molecular weight is 621 g/mol. The van der Waals surface area contributed by atoms with Crippen LogP contribution < -0.4 is 0 Å². The molecule has 220 valence electrons. The largest absolute Gasteiger partial charge is 0.278 e. The van der Waals surface area contributed by atoms with Crippen molar-refractivity contribution in [2.45, 2.75) is 0 Å². The zero-order valence-corrected chi connectivity index (χ0v) is 25.8. The molecule has 0 saturated carbocycles. The Morgan fingerprint density at radius 3 is 1.64 bits per heavy atom. The van der Waals surface area contributed by atoms with Gasteiger partial charge in [-0.15, -0.1) is 11.3 Å². The summed E-state index contributed by atoms with van der Waals surface area (Å²) in [7, 11) is 0. The van der Waals surface area contributed by atoms with Gasteiger partial charge in [0.1, 0.15) is 0 Å². The molecule has 0 aliphatic carbocycles. The Kier molecular flexibility index (Phi) is 5.64. The van der Waals surface area contributed by atoms with Gasteiger partial charge in [-0.05, 0) is 59.7 Å². The molecular formula is C40H24N6S.